The van der Waals surface area contributed by atoms with Gasteiger partial charge in [0.05, 0.1) is 17.3 Å². The molecule has 20 heteroatoms. The topological polar surface area (TPSA) is 204 Å². The van der Waals surface area contributed by atoms with Gasteiger partial charge in [-0.15, -0.1) is 0 Å². The van der Waals surface area contributed by atoms with Gasteiger partial charge >= 0.3 is 12.4 Å². The number of phenolic OH excluding ortho intramolecular Hbond substituents is 2. The summed E-state index contributed by atoms with van der Waals surface area (Å²) in [5.74, 6) is -4.50. The molecular weight excluding hydrogens is 674 g/mol. The minimum absolute atomic E-state index is 0.339. The highest BCUT2D eigenvalue weighted by Gasteiger charge is 2.72. The van der Waals surface area contributed by atoms with Gasteiger partial charge in [0.15, 0.2) is 0 Å². The van der Waals surface area contributed by atoms with E-state index in [0.717, 1.165) is 0 Å². The molecule has 11 nitrogen and oxygen atoms in total. The van der Waals surface area contributed by atoms with E-state index in [-0.39, 0.29) is 0 Å². The zero-order chi connectivity index (χ0) is 33.9. The van der Waals surface area contributed by atoms with E-state index in [0.29, 0.717) is 30.3 Å². The Morgan fingerprint density at radius 1 is 0.545 bits per heavy atom. The first kappa shape index (κ1) is 37.5. The molecule has 0 bridgehead atoms. The molecule has 0 heterocycles. The predicted molar refractivity (Wildman–Crippen MR) is 143 cm³/mol. The Morgan fingerprint density at radius 3 is 1.23 bits per heavy atom. The fourth-order valence-corrected chi connectivity index (χ4v) is 6.22. The minimum Gasteiger partial charge on any atom is -0.508 e. The van der Waals surface area contributed by atoms with Crippen LogP contribution in [0, 0.1) is 0 Å². The molecule has 250 valence electrons. The van der Waals surface area contributed by atoms with Crippen LogP contribution in [0.5, 0.6) is 11.5 Å². The molecule has 2 aromatic rings. The second-order valence-electron chi connectivity index (χ2n) is 9.90. The molecule has 0 aliphatic carbocycles. The SMILES string of the molecule is O=S(=O)(O)CCCc1cc(C(c2cc(CCCS(=O)(=O)O)c(O)c(CCCS(=O)(=O)O)c2)(C(F)(F)F)C(F)(F)F)ccc1O. The molecule has 44 heavy (non-hydrogen) atoms. The fourth-order valence-electron chi connectivity index (χ4n) is 4.69. The van der Waals surface area contributed by atoms with Gasteiger partial charge in [-0.25, -0.2) is 0 Å². The summed E-state index contributed by atoms with van der Waals surface area (Å²) in [6.45, 7) is 0. The van der Waals surface area contributed by atoms with Gasteiger partial charge in [0.2, 0.25) is 5.41 Å². The van der Waals surface area contributed by atoms with Crippen LogP contribution in [-0.2, 0) is 55.0 Å². The Kier molecular flexibility index (Phi) is 11.4. The van der Waals surface area contributed by atoms with Crippen LogP contribution in [0.15, 0.2) is 30.3 Å². The molecule has 0 radical (unpaired) electrons. The lowest BCUT2D eigenvalue weighted by atomic mass is 9.71. The molecule has 2 aromatic carbocycles. The lowest BCUT2D eigenvalue weighted by Gasteiger charge is -2.39. The minimum atomic E-state index is -6.18. The van der Waals surface area contributed by atoms with Gasteiger partial charge in [-0.3, -0.25) is 13.7 Å². The predicted octanol–water partition coefficient (Wildman–Crippen LogP) is 3.97. The lowest BCUT2D eigenvalue weighted by Crippen LogP contribution is -2.55. The molecule has 0 fully saturated rings. The standard InChI is InChI=1S/C24H28F6O11S3/c25-23(26,27)22(24(28,29)30,18-7-8-20(31)15(12-18)4-1-9-42(33,34)35)19-13-16(5-2-10-43(36,37)38)21(32)17(14-19)6-3-11-44(39,40)41/h7-8,12-14,31-32H,1-6,9-11H2,(H,33,34,35)(H,36,37,38)(H,39,40,41). The quantitative estimate of drug-likeness (QED) is 0.141. The van der Waals surface area contributed by atoms with Crippen LogP contribution in [0.25, 0.3) is 0 Å². The summed E-state index contributed by atoms with van der Waals surface area (Å²) in [5.41, 5.74) is -9.58. The maximum absolute atomic E-state index is 14.9. The van der Waals surface area contributed by atoms with E-state index in [9.17, 15) is 61.8 Å². The Balaban J connectivity index is 2.89. The monoisotopic (exact) mass is 702 g/mol. The van der Waals surface area contributed by atoms with Gasteiger partial charge in [0.1, 0.15) is 11.5 Å². The van der Waals surface area contributed by atoms with E-state index in [2.05, 4.69) is 0 Å². The van der Waals surface area contributed by atoms with Crippen molar-refractivity contribution in [1.82, 2.24) is 0 Å². The molecule has 0 aliphatic heterocycles. The van der Waals surface area contributed by atoms with Crippen molar-refractivity contribution < 1.29 is 75.5 Å². The van der Waals surface area contributed by atoms with Crippen molar-refractivity contribution in [2.24, 2.45) is 0 Å². The lowest BCUT2D eigenvalue weighted by molar-refractivity contribution is -0.288. The highest BCUT2D eigenvalue weighted by molar-refractivity contribution is 7.86. The van der Waals surface area contributed by atoms with Crippen LogP contribution >= 0.6 is 0 Å². The largest absolute Gasteiger partial charge is 0.508 e. The first-order valence-corrected chi connectivity index (χ1v) is 17.3. The second-order valence-corrected chi connectivity index (χ2v) is 14.6. The van der Waals surface area contributed by atoms with Crippen molar-refractivity contribution in [3.8, 4) is 11.5 Å². The average Bonchev–Trinajstić information content (AvgIpc) is 2.79. The maximum Gasteiger partial charge on any atom is 0.411 e. The summed E-state index contributed by atoms with van der Waals surface area (Å²) in [6.07, 6.45) is -15.8. The van der Waals surface area contributed by atoms with Crippen LogP contribution in [0.1, 0.15) is 47.1 Å². The van der Waals surface area contributed by atoms with Gasteiger partial charge in [-0.2, -0.15) is 51.6 Å². The normalized spacial score (nSPS) is 13.8. The van der Waals surface area contributed by atoms with Crippen LogP contribution in [0.2, 0.25) is 0 Å². The summed E-state index contributed by atoms with van der Waals surface area (Å²) in [4.78, 5) is 0. The molecule has 0 unspecified atom stereocenters. The van der Waals surface area contributed by atoms with Crippen LogP contribution in [-0.4, -0.2) is 78.7 Å². The Bertz CT molecular complexity index is 1600. The molecule has 0 aromatic heterocycles. The van der Waals surface area contributed by atoms with E-state index < -0.39 is 143 Å². The van der Waals surface area contributed by atoms with Crippen molar-refractivity contribution in [1.29, 1.82) is 0 Å². The van der Waals surface area contributed by atoms with Crippen LogP contribution in [0.3, 0.4) is 0 Å². The Morgan fingerprint density at radius 2 is 0.886 bits per heavy atom. The molecular formula is C24H28F6O11S3. The molecule has 0 amide bonds. The number of alkyl halides is 6. The third-order valence-corrected chi connectivity index (χ3v) is 9.02. The van der Waals surface area contributed by atoms with E-state index in [1.54, 1.807) is 0 Å². The highest BCUT2D eigenvalue weighted by Crippen LogP contribution is 2.57. The van der Waals surface area contributed by atoms with Crippen molar-refractivity contribution in [2.75, 3.05) is 17.3 Å². The van der Waals surface area contributed by atoms with Gasteiger partial charge in [0.25, 0.3) is 30.4 Å². The molecule has 0 spiro atoms. The first-order chi connectivity index (χ1) is 19.8. The summed E-state index contributed by atoms with van der Waals surface area (Å²) < 4.78 is 183. The molecule has 0 atom stereocenters. The van der Waals surface area contributed by atoms with Crippen molar-refractivity contribution in [2.45, 2.75) is 56.3 Å². The molecule has 5 N–H and O–H groups in total. The van der Waals surface area contributed by atoms with E-state index in [1.807, 2.05) is 0 Å². The first-order valence-electron chi connectivity index (χ1n) is 12.4. The number of aryl methyl sites for hydroxylation is 3. The fraction of sp³-hybridized carbons (Fsp3) is 0.500. The average molecular weight is 703 g/mol. The van der Waals surface area contributed by atoms with E-state index in [1.165, 1.54) is 0 Å². The second kappa shape index (κ2) is 13.4. The summed E-state index contributed by atoms with van der Waals surface area (Å²) >= 11 is 0. The van der Waals surface area contributed by atoms with Crippen LogP contribution in [0.4, 0.5) is 26.3 Å². The zero-order valence-corrected chi connectivity index (χ0v) is 24.9. The number of phenols is 2. The van der Waals surface area contributed by atoms with Gasteiger partial charge in [-0.1, -0.05) is 24.3 Å². The Hall–Kier alpha value is -2.65. The molecule has 2 rings (SSSR count). The van der Waals surface area contributed by atoms with E-state index in [4.69, 9.17) is 13.7 Å². The van der Waals surface area contributed by atoms with Crippen molar-refractivity contribution in [3.63, 3.8) is 0 Å². The highest BCUT2D eigenvalue weighted by atomic mass is 32.2. The number of hydrogen-bond acceptors (Lipinski definition) is 8. The smallest absolute Gasteiger partial charge is 0.411 e. The number of hydrogen-bond donors (Lipinski definition) is 5. The van der Waals surface area contributed by atoms with Gasteiger partial charge in [0, 0.05) is 0 Å². The van der Waals surface area contributed by atoms with Gasteiger partial charge < -0.3 is 10.2 Å². The third-order valence-electron chi connectivity index (χ3n) is 6.61. The Labute approximate surface area is 248 Å². The number of benzene rings is 2. The number of aromatic hydroxyl groups is 2. The number of halogens is 6. The molecule has 0 aliphatic rings. The molecule has 0 saturated heterocycles. The van der Waals surface area contributed by atoms with E-state index >= 15 is 0 Å². The van der Waals surface area contributed by atoms with Crippen molar-refractivity contribution in [3.05, 3.63) is 58.1 Å². The summed E-state index contributed by atoms with van der Waals surface area (Å²) in [5, 5.41) is 20.8. The van der Waals surface area contributed by atoms with Crippen molar-refractivity contribution >= 4 is 30.4 Å². The van der Waals surface area contributed by atoms with Crippen LogP contribution < -0.4 is 0 Å². The maximum atomic E-state index is 14.9. The summed E-state index contributed by atoms with van der Waals surface area (Å²) in [7, 11) is -13.8. The third kappa shape index (κ3) is 9.67. The van der Waals surface area contributed by atoms with Gasteiger partial charge in [-0.05, 0) is 72.4 Å². The zero-order valence-electron chi connectivity index (χ0n) is 22.4. The summed E-state index contributed by atoms with van der Waals surface area (Å²) in [6, 6.07) is 1.92. The molecule has 0 saturated carbocycles. The number of rotatable bonds is 14.